The van der Waals surface area contributed by atoms with E-state index in [0.717, 1.165) is 17.5 Å². The van der Waals surface area contributed by atoms with Gasteiger partial charge in [-0.1, -0.05) is 61.2 Å². The molecule has 0 aromatic heterocycles. The molecule has 0 saturated heterocycles. The van der Waals surface area contributed by atoms with E-state index in [0.29, 0.717) is 5.88 Å². The lowest BCUT2D eigenvalue weighted by molar-refractivity contribution is 1.18. The van der Waals surface area contributed by atoms with Crippen molar-refractivity contribution in [2.75, 3.05) is 0 Å². The van der Waals surface area contributed by atoms with Crippen molar-refractivity contribution in [3.63, 3.8) is 0 Å². The summed E-state index contributed by atoms with van der Waals surface area (Å²) < 4.78 is 0. The van der Waals surface area contributed by atoms with Crippen molar-refractivity contribution >= 4 is 17.7 Å². The van der Waals surface area contributed by atoms with E-state index in [1.165, 1.54) is 11.1 Å². The predicted molar refractivity (Wildman–Crippen MR) is 75.3 cm³/mol. The Morgan fingerprint density at radius 1 is 0.824 bits per heavy atom. The third-order valence-electron chi connectivity index (χ3n) is 2.80. The summed E-state index contributed by atoms with van der Waals surface area (Å²) in [5.41, 5.74) is 4.95. The normalized spacial score (nSPS) is 10.2. The zero-order chi connectivity index (χ0) is 12.1. The van der Waals surface area contributed by atoms with Crippen molar-refractivity contribution in [2.45, 2.75) is 12.3 Å². The molecule has 0 spiro atoms. The summed E-state index contributed by atoms with van der Waals surface area (Å²) in [6.45, 7) is 3.75. The van der Waals surface area contributed by atoms with E-state index in [9.17, 15) is 0 Å². The molecule has 0 aliphatic carbocycles. The maximum Gasteiger partial charge on any atom is 0.0474 e. The SMILES string of the molecule is C=Cc1ccc(Cc2ccc(CCl)cc2)cc1. The van der Waals surface area contributed by atoms with E-state index in [4.69, 9.17) is 11.6 Å². The van der Waals surface area contributed by atoms with Gasteiger partial charge in [-0.15, -0.1) is 11.6 Å². The van der Waals surface area contributed by atoms with Crippen LogP contribution >= 0.6 is 11.6 Å². The fourth-order valence-corrected chi connectivity index (χ4v) is 1.93. The number of alkyl halides is 1. The van der Waals surface area contributed by atoms with E-state index >= 15 is 0 Å². The topological polar surface area (TPSA) is 0 Å². The van der Waals surface area contributed by atoms with E-state index in [-0.39, 0.29) is 0 Å². The molecule has 0 unspecified atom stereocenters. The molecule has 0 aliphatic rings. The molecule has 1 heteroatoms. The van der Waals surface area contributed by atoms with Gasteiger partial charge in [0.05, 0.1) is 0 Å². The van der Waals surface area contributed by atoms with Gasteiger partial charge in [0.25, 0.3) is 0 Å². The first kappa shape index (κ1) is 11.9. The second-order valence-corrected chi connectivity index (χ2v) is 4.34. The summed E-state index contributed by atoms with van der Waals surface area (Å²) in [6.07, 6.45) is 2.82. The molecule has 0 atom stereocenters. The molecule has 0 bridgehead atoms. The molecule has 17 heavy (non-hydrogen) atoms. The van der Waals surface area contributed by atoms with E-state index in [1.807, 2.05) is 6.08 Å². The lowest BCUT2D eigenvalue weighted by atomic mass is 10.0. The van der Waals surface area contributed by atoms with Crippen molar-refractivity contribution in [1.29, 1.82) is 0 Å². The lowest BCUT2D eigenvalue weighted by Gasteiger charge is -2.03. The number of halogens is 1. The van der Waals surface area contributed by atoms with E-state index < -0.39 is 0 Å². The molecule has 0 heterocycles. The summed E-state index contributed by atoms with van der Waals surface area (Å²) in [5, 5.41) is 0. The Hall–Kier alpha value is -1.53. The third kappa shape index (κ3) is 3.21. The second kappa shape index (κ2) is 5.70. The molecule has 0 N–H and O–H groups in total. The highest BCUT2D eigenvalue weighted by molar-refractivity contribution is 6.17. The highest BCUT2D eigenvalue weighted by Gasteiger charge is 1.97. The zero-order valence-electron chi connectivity index (χ0n) is 9.70. The number of hydrogen-bond donors (Lipinski definition) is 0. The molecule has 2 aromatic carbocycles. The van der Waals surface area contributed by atoms with Crippen LogP contribution in [0.5, 0.6) is 0 Å². The van der Waals surface area contributed by atoms with Crippen molar-refractivity contribution in [3.05, 3.63) is 77.4 Å². The van der Waals surface area contributed by atoms with Crippen LogP contribution in [0, 0.1) is 0 Å². The van der Waals surface area contributed by atoms with Crippen molar-refractivity contribution in [2.24, 2.45) is 0 Å². The van der Waals surface area contributed by atoms with Crippen LogP contribution in [0.25, 0.3) is 6.08 Å². The second-order valence-electron chi connectivity index (χ2n) is 4.07. The summed E-state index contributed by atoms with van der Waals surface area (Å²) >= 11 is 5.76. The summed E-state index contributed by atoms with van der Waals surface area (Å²) in [5.74, 6) is 0.578. The largest absolute Gasteiger partial charge is 0.122 e. The Balaban J connectivity index is 2.10. The van der Waals surface area contributed by atoms with Gasteiger partial charge in [-0.3, -0.25) is 0 Å². The molecule has 2 aromatic rings. The molecule has 0 fully saturated rings. The lowest BCUT2D eigenvalue weighted by Crippen LogP contribution is -1.88. The molecule has 86 valence electrons. The first-order valence-electron chi connectivity index (χ1n) is 5.67. The molecule has 2 rings (SSSR count). The van der Waals surface area contributed by atoms with Gasteiger partial charge < -0.3 is 0 Å². The van der Waals surface area contributed by atoms with Crippen LogP contribution in [0.15, 0.2) is 55.1 Å². The number of hydrogen-bond acceptors (Lipinski definition) is 0. The van der Waals surface area contributed by atoms with Crippen LogP contribution in [0.2, 0.25) is 0 Å². The maximum absolute atomic E-state index is 5.76. The van der Waals surface area contributed by atoms with Gasteiger partial charge in [-0.25, -0.2) is 0 Å². The predicted octanol–water partition coefficient (Wildman–Crippen LogP) is 4.66. The van der Waals surface area contributed by atoms with Gasteiger partial charge in [-0.05, 0) is 28.7 Å². The Bertz CT molecular complexity index is 480. The average molecular weight is 243 g/mol. The molecule has 0 aliphatic heterocycles. The van der Waals surface area contributed by atoms with Crippen molar-refractivity contribution in [1.82, 2.24) is 0 Å². The summed E-state index contributed by atoms with van der Waals surface area (Å²) in [6, 6.07) is 16.9. The van der Waals surface area contributed by atoms with Crippen LogP contribution in [0.3, 0.4) is 0 Å². The van der Waals surface area contributed by atoms with Gasteiger partial charge >= 0.3 is 0 Å². The van der Waals surface area contributed by atoms with Gasteiger partial charge in [0.2, 0.25) is 0 Å². The molecular weight excluding hydrogens is 228 g/mol. The third-order valence-corrected chi connectivity index (χ3v) is 3.11. The first-order chi connectivity index (χ1) is 8.31. The summed E-state index contributed by atoms with van der Waals surface area (Å²) in [7, 11) is 0. The fourth-order valence-electron chi connectivity index (χ4n) is 1.75. The van der Waals surface area contributed by atoms with Crippen LogP contribution in [-0.2, 0) is 12.3 Å². The molecule has 0 radical (unpaired) electrons. The van der Waals surface area contributed by atoms with Crippen LogP contribution in [-0.4, -0.2) is 0 Å². The molecule has 0 saturated carbocycles. The Morgan fingerprint density at radius 3 is 1.76 bits per heavy atom. The van der Waals surface area contributed by atoms with E-state index in [2.05, 4.69) is 55.1 Å². The molecular formula is C16H15Cl. The Kier molecular flexibility index (Phi) is 4.00. The van der Waals surface area contributed by atoms with Crippen LogP contribution in [0.4, 0.5) is 0 Å². The van der Waals surface area contributed by atoms with Crippen LogP contribution < -0.4 is 0 Å². The average Bonchev–Trinajstić information content (AvgIpc) is 2.40. The van der Waals surface area contributed by atoms with Crippen molar-refractivity contribution in [3.8, 4) is 0 Å². The van der Waals surface area contributed by atoms with Gasteiger partial charge in [0.15, 0.2) is 0 Å². The minimum absolute atomic E-state index is 0.578. The van der Waals surface area contributed by atoms with Crippen LogP contribution in [0.1, 0.15) is 22.3 Å². The standard InChI is InChI=1S/C16H15Cl/c1-2-13-3-5-14(6-4-13)11-15-7-9-16(12-17)10-8-15/h2-10H,1,11-12H2. The first-order valence-corrected chi connectivity index (χ1v) is 6.20. The highest BCUT2D eigenvalue weighted by atomic mass is 35.5. The van der Waals surface area contributed by atoms with Crippen molar-refractivity contribution < 1.29 is 0 Å². The number of rotatable bonds is 4. The molecule has 0 amide bonds. The summed E-state index contributed by atoms with van der Waals surface area (Å²) in [4.78, 5) is 0. The smallest absolute Gasteiger partial charge is 0.0474 e. The molecule has 0 nitrogen and oxygen atoms in total. The number of benzene rings is 2. The maximum atomic E-state index is 5.76. The van der Waals surface area contributed by atoms with Gasteiger partial charge in [-0.2, -0.15) is 0 Å². The minimum Gasteiger partial charge on any atom is -0.122 e. The fraction of sp³-hybridized carbons (Fsp3) is 0.125. The van der Waals surface area contributed by atoms with Gasteiger partial charge in [0, 0.05) is 5.88 Å². The minimum atomic E-state index is 0.578. The monoisotopic (exact) mass is 242 g/mol. The quantitative estimate of drug-likeness (QED) is 0.684. The highest BCUT2D eigenvalue weighted by Crippen LogP contribution is 2.13. The Labute approximate surface area is 108 Å². The Morgan fingerprint density at radius 2 is 1.29 bits per heavy atom. The van der Waals surface area contributed by atoms with Gasteiger partial charge in [0.1, 0.15) is 0 Å². The zero-order valence-corrected chi connectivity index (χ0v) is 10.5. The van der Waals surface area contributed by atoms with E-state index in [1.54, 1.807) is 0 Å².